The summed E-state index contributed by atoms with van der Waals surface area (Å²) in [7, 11) is 1.67. The minimum absolute atomic E-state index is 0.118. The molecule has 1 amide bonds. The second-order valence-corrected chi connectivity index (χ2v) is 4.10. The number of benzene rings is 1. The monoisotopic (exact) mass is 236 g/mol. The zero-order chi connectivity index (χ0) is 12.8. The Labute approximate surface area is 102 Å². The van der Waals surface area contributed by atoms with Crippen LogP contribution in [0, 0.1) is 13.8 Å². The second kappa shape index (κ2) is 6.25. The predicted molar refractivity (Wildman–Crippen MR) is 67.7 cm³/mol. The van der Waals surface area contributed by atoms with Crippen molar-refractivity contribution in [2.24, 2.45) is 5.84 Å². The molecule has 0 bridgehead atoms. The molecule has 0 aromatic heterocycles. The molecule has 4 nitrogen and oxygen atoms in total. The largest absolute Gasteiger partial charge is 0.496 e. The van der Waals surface area contributed by atoms with E-state index in [0.29, 0.717) is 6.42 Å². The van der Waals surface area contributed by atoms with E-state index in [-0.39, 0.29) is 5.91 Å². The van der Waals surface area contributed by atoms with Crippen LogP contribution in [-0.2, 0) is 11.2 Å². The standard InChI is InChI=1S/C13H20N2O2/c1-9-10(2)12(17-3)8-7-11(9)5-4-6-13(16)15-14/h7-8H,4-6,14H2,1-3H3,(H,15,16). The average Bonchev–Trinajstić information content (AvgIpc) is 2.34. The van der Waals surface area contributed by atoms with Gasteiger partial charge in [-0.2, -0.15) is 0 Å². The summed E-state index contributed by atoms with van der Waals surface area (Å²) in [5, 5.41) is 0. The Morgan fingerprint density at radius 1 is 1.35 bits per heavy atom. The number of hydrogen-bond acceptors (Lipinski definition) is 3. The fraction of sp³-hybridized carbons (Fsp3) is 0.462. The number of carbonyl (C=O) groups is 1. The summed E-state index contributed by atoms with van der Waals surface area (Å²) in [6.07, 6.45) is 2.14. The third-order valence-corrected chi connectivity index (χ3v) is 3.08. The van der Waals surface area contributed by atoms with E-state index in [2.05, 4.69) is 18.4 Å². The van der Waals surface area contributed by atoms with E-state index in [4.69, 9.17) is 10.6 Å². The van der Waals surface area contributed by atoms with Gasteiger partial charge in [0.05, 0.1) is 7.11 Å². The SMILES string of the molecule is COc1ccc(CCCC(=O)NN)c(C)c1C. The molecule has 0 aliphatic heterocycles. The summed E-state index contributed by atoms with van der Waals surface area (Å²) < 4.78 is 5.26. The van der Waals surface area contributed by atoms with Gasteiger partial charge in [0.25, 0.3) is 0 Å². The molecular weight excluding hydrogens is 216 g/mol. The summed E-state index contributed by atoms with van der Waals surface area (Å²) in [6.45, 7) is 4.13. The van der Waals surface area contributed by atoms with Crippen molar-refractivity contribution < 1.29 is 9.53 Å². The van der Waals surface area contributed by atoms with Crippen LogP contribution in [0.2, 0.25) is 0 Å². The lowest BCUT2D eigenvalue weighted by atomic mass is 9.98. The van der Waals surface area contributed by atoms with Crippen molar-refractivity contribution in [3.63, 3.8) is 0 Å². The van der Waals surface area contributed by atoms with E-state index < -0.39 is 0 Å². The quantitative estimate of drug-likeness (QED) is 0.464. The van der Waals surface area contributed by atoms with Crippen LogP contribution in [0.3, 0.4) is 0 Å². The molecule has 4 heteroatoms. The Hall–Kier alpha value is -1.55. The maximum atomic E-state index is 11.0. The first-order valence-electron chi connectivity index (χ1n) is 5.72. The number of hydrazine groups is 1. The van der Waals surface area contributed by atoms with Gasteiger partial charge >= 0.3 is 0 Å². The summed E-state index contributed by atoms with van der Waals surface area (Å²) in [5.74, 6) is 5.82. The predicted octanol–water partition coefficient (Wildman–Crippen LogP) is 1.62. The van der Waals surface area contributed by atoms with Gasteiger partial charge in [0, 0.05) is 6.42 Å². The van der Waals surface area contributed by atoms with Crippen LogP contribution in [0.25, 0.3) is 0 Å². The van der Waals surface area contributed by atoms with E-state index in [1.165, 1.54) is 11.1 Å². The van der Waals surface area contributed by atoms with Crippen LogP contribution < -0.4 is 16.0 Å². The average molecular weight is 236 g/mol. The van der Waals surface area contributed by atoms with Crippen LogP contribution in [0.5, 0.6) is 5.75 Å². The molecule has 0 spiro atoms. The molecule has 0 fully saturated rings. The molecule has 94 valence electrons. The molecule has 0 heterocycles. The van der Waals surface area contributed by atoms with Crippen LogP contribution in [0.4, 0.5) is 0 Å². The number of amides is 1. The molecule has 3 N–H and O–H groups in total. The maximum absolute atomic E-state index is 11.0. The van der Waals surface area contributed by atoms with Gasteiger partial charge in [0.1, 0.15) is 5.75 Å². The van der Waals surface area contributed by atoms with Gasteiger partial charge < -0.3 is 4.74 Å². The van der Waals surface area contributed by atoms with Gasteiger partial charge in [0.15, 0.2) is 0 Å². The van der Waals surface area contributed by atoms with Crippen molar-refractivity contribution >= 4 is 5.91 Å². The highest BCUT2D eigenvalue weighted by molar-refractivity contribution is 5.75. The first kappa shape index (κ1) is 13.5. The van der Waals surface area contributed by atoms with Crippen molar-refractivity contribution in [3.8, 4) is 5.75 Å². The zero-order valence-electron chi connectivity index (χ0n) is 10.7. The number of carbonyl (C=O) groups excluding carboxylic acids is 1. The number of nitrogens with two attached hydrogens (primary N) is 1. The maximum Gasteiger partial charge on any atom is 0.233 e. The summed E-state index contributed by atoms with van der Waals surface area (Å²) in [4.78, 5) is 11.0. The third-order valence-electron chi connectivity index (χ3n) is 3.08. The highest BCUT2D eigenvalue weighted by atomic mass is 16.5. The highest BCUT2D eigenvalue weighted by Gasteiger charge is 2.07. The van der Waals surface area contributed by atoms with Gasteiger partial charge in [-0.15, -0.1) is 0 Å². The Balaban J connectivity index is 2.66. The lowest BCUT2D eigenvalue weighted by molar-refractivity contribution is -0.121. The molecule has 0 aliphatic rings. The number of nitrogens with one attached hydrogen (secondary N) is 1. The Morgan fingerprint density at radius 3 is 2.65 bits per heavy atom. The first-order chi connectivity index (χ1) is 8.10. The van der Waals surface area contributed by atoms with E-state index in [1.807, 2.05) is 13.0 Å². The number of hydrogen-bond donors (Lipinski definition) is 2. The first-order valence-corrected chi connectivity index (χ1v) is 5.72. The molecule has 17 heavy (non-hydrogen) atoms. The van der Waals surface area contributed by atoms with Crippen LogP contribution in [-0.4, -0.2) is 13.0 Å². The minimum Gasteiger partial charge on any atom is -0.496 e. The van der Waals surface area contributed by atoms with Crippen LogP contribution >= 0.6 is 0 Å². The molecule has 0 saturated heterocycles. The molecule has 0 atom stereocenters. The number of aryl methyl sites for hydroxylation is 1. The fourth-order valence-corrected chi connectivity index (χ4v) is 1.86. The van der Waals surface area contributed by atoms with Gasteiger partial charge in [-0.25, -0.2) is 5.84 Å². The van der Waals surface area contributed by atoms with E-state index >= 15 is 0 Å². The van der Waals surface area contributed by atoms with E-state index in [9.17, 15) is 4.79 Å². The van der Waals surface area contributed by atoms with Crippen molar-refractivity contribution in [1.82, 2.24) is 5.43 Å². The zero-order valence-corrected chi connectivity index (χ0v) is 10.7. The van der Waals surface area contributed by atoms with Gasteiger partial charge in [-0.1, -0.05) is 6.07 Å². The summed E-state index contributed by atoms with van der Waals surface area (Å²) in [6, 6.07) is 4.03. The molecule has 1 rings (SSSR count). The normalized spacial score (nSPS) is 10.1. The summed E-state index contributed by atoms with van der Waals surface area (Å²) in [5.41, 5.74) is 5.79. The minimum atomic E-state index is -0.118. The van der Waals surface area contributed by atoms with Gasteiger partial charge in [-0.05, 0) is 49.4 Å². The molecule has 0 saturated carbocycles. The molecule has 1 aromatic rings. The lowest BCUT2D eigenvalue weighted by Gasteiger charge is -2.12. The van der Waals surface area contributed by atoms with Gasteiger partial charge in [0.2, 0.25) is 5.91 Å². The summed E-state index contributed by atoms with van der Waals surface area (Å²) >= 11 is 0. The van der Waals surface area contributed by atoms with Crippen molar-refractivity contribution in [3.05, 3.63) is 28.8 Å². The van der Waals surface area contributed by atoms with Crippen molar-refractivity contribution in [2.45, 2.75) is 33.1 Å². The molecule has 0 aliphatic carbocycles. The third kappa shape index (κ3) is 3.46. The van der Waals surface area contributed by atoms with E-state index in [1.54, 1.807) is 7.11 Å². The Kier molecular flexibility index (Phi) is 4.97. The van der Waals surface area contributed by atoms with Crippen LogP contribution in [0.15, 0.2) is 12.1 Å². The van der Waals surface area contributed by atoms with Gasteiger partial charge in [-0.3, -0.25) is 10.2 Å². The molecule has 1 aromatic carbocycles. The van der Waals surface area contributed by atoms with Crippen molar-refractivity contribution in [1.29, 1.82) is 0 Å². The Bertz CT molecular complexity index is 403. The molecule has 0 unspecified atom stereocenters. The number of methoxy groups -OCH3 is 1. The van der Waals surface area contributed by atoms with Crippen molar-refractivity contribution in [2.75, 3.05) is 7.11 Å². The Morgan fingerprint density at radius 2 is 2.06 bits per heavy atom. The molecular formula is C13H20N2O2. The lowest BCUT2D eigenvalue weighted by Crippen LogP contribution is -2.29. The number of ether oxygens (including phenoxy) is 1. The fourth-order valence-electron chi connectivity index (χ4n) is 1.86. The highest BCUT2D eigenvalue weighted by Crippen LogP contribution is 2.24. The van der Waals surface area contributed by atoms with Crippen LogP contribution in [0.1, 0.15) is 29.5 Å². The second-order valence-electron chi connectivity index (χ2n) is 4.10. The van der Waals surface area contributed by atoms with E-state index in [0.717, 1.165) is 24.2 Å². The number of rotatable bonds is 5. The smallest absolute Gasteiger partial charge is 0.233 e. The topological polar surface area (TPSA) is 64.3 Å². The molecule has 0 radical (unpaired) electrons.